The lowest BCUT2D eigenvalue weighted by molar-refractivity contribution is 0.163. The molecule has 8 nitrogen and oxygen atoms in total. The second kappa shape index (κ2) is 10.1. The van der Waals surface area contributed by atoms with Crippen molar-refractivity contribution < 1.29 is 13.5 Å². The van der Waals surface area contributed by atoms with Crippen molar-refractivity contribution in [3.8, 4) is 23.2 Å². The third kappa shape index (κ3) is 4.63. The number of rotatable bonds is 7. The Hall–Kier alpha value is -3.30. The number of halogens is 3. The van der Waals surface area contributed by atoms with E-state index in [2.05, 4.69) is 26.2 Å². The number of hydrogen-bond donors (Lipinski definition) is 2. The van der Waals surface area contributed by atoms with Gasteiger partial charge in [-0.2, -0.15) is 15.2 Å². The molecule has 45 heavy (non-hydrogen) atoms. The number of anilines is 2. The van der Waals surface area contributed by atoms with E-state index < -0.39 is 11.6 Å². The summed E-state index contributed by atoms with van der Waals surface area (Å²) in [5, 5.41) is 14.5. The van der Waals surface area contributed by atoms with Gasteiger partial charge in [0.25, 0.3) is 0 Å². The van der Waals surface area contributed by atoms with Crippen LogP contribution in [0.1, 0.15) is 37.7 Å². The van der Waals surface area contributed by atoms with E-state index >= 15 is 4.39 Å². The van der Waals surface area contributed by atoms with Gasteiger partial charge in [0.05, 0.1) is 21.9 Å². The second-order valence-electron chi connectivity index (χ2n) is 13.8. The molecule has 2 aromatic carbocycles. The van der Waals surface area contributed by atoms with Crippen LogP contribution in [0.2, 0.25) is 5.02 Å². The van der Waals surface area contributed by atoms with E-state index in [0.29, 0.717) is 35.5 Å². The average molecular weight is 648 g/mol. The Morgan fingerprint density at radius 3 is 2.60 bits per heavy atom. The van der Waals surface area contributed by atoms with Crippen LogP contribution in [-0.2, 0) is 0 Å². The number of fused-ring (bicyclic) bond motifs is 5. The quantitative estimate of drug-likeness (QED) is 0.254. The molecular formula is C33H32ClF2N7OS. The van der Waals surface area contributed by atoms with Crippen molar-refractivity contribution in [2.24, 2.45) is 17.3 Å². The van der Waals surface area contributed by atoms with Crippen molar-refractivity contribution >= 4 is 54.7 Å². The second-order valence-corrected chi connectivity index (χ2v) is 15.3. The fraction of sp³-hybridized carbons (Fsp3) is 0.485. The molecule has 2 bridgehead atoms. The van der Waals surface area contributed by atoms with Crippen LogP contribution in [0.4, 0.5) is 19.6 Å². The molecule has 4 aromatic rings. The van der Waals surface area contributed by atoms with Crippen LogP contribution in [0.15, 0.2) is 18.2 Å². The zero-order chi connectivity index (χ0) is 30.6. The first-order valence-electron chi connectivity index (χ1n) is 15.8. The Bertz CT molecular complexity index is 1920. The molecule has 2 aliphatic carbocycles. The molecule has 5 fully saturated rings. The maximum absolute atomic E-state index is 16.9. The van der Waals surface area contributed by atoms with Gasteiger partial charge in [0.1, 0.15) is 28.2 Å². The summed E-state index contributed by atoms with van der Waals surface area (Å²) in [6.07, 6.45) is 5.73. The van der Waals surface area contributed by atoms with Gasteiger partial charge in [0, 0.05) is 66.6 Å². The summed E-state index contributed by atoms with van der Waals surface area (Å²) >= 11 is 7.83. The number of ether oxygens (including phenoxy) is 1. The Labute approximate surface area is 268 Å². The van der Waals surface area contributed by atoms with Crippen molar-refractivity contribution in [3.05, 3.63) is 40.4 Å². The number of nitrogens with one attached hydrogen (secondary N) is 1. The molecule has 2 aromatic heterocycles. The molecule has 4 unspecified atom stereocenters. The van der Waals surface area contributed by atoms with Gasteiger partial charge in [-0.15, -0.1) is 11.3 Å². The highest BCUT2D eigenvalue weighted by Gasteiger charge is 2.51. The number of benzene rings is 2. The number of piperazine rings is 1. The minimum atomic E-state index is -0.664. The third-order valence-corrected chi connectivity index (χ3v) is 12.0. The molecule has 4 atom stereocenters. The van der Waals surface area contributed by atoms with Crippen molar-refractivity contribution in [1.82, 2.24) is 20.2 Å². The lowest BCUT2D eigenvalue weighted by Gasteiger charge is -2.34. The summed E-state index contributed by atoms with van der Waals surface area (Å²) in [6.45, 7) is 5.34. The first-order valence-corrected chi connectivity index (χ1v) is 17.0. The normalized spacial score (nSPS) is 26.4. The monoisotopic (exact) mass is 647 g/mol. The fourth-order valence-electron chi connectivity index (χ4n) is 8.03. The van der Waals surface area contributed by atoms with E-state index in [1.807, 2.05) is 0 Å². The lowest BCUT2D eigenvalue weighted by atomic mass is 9.97. The van der Waals surface area contributed by atoms with E-state index in [0.717, 1.165) is 68.5 Å². The molecule has 232 valence electrons. The summed E-state index contributed by atoms with van der Waals surface area (Å²) in [5.74, 6) is 1.17. The highest BCUT2D eigenvalue weighted by Crippen LogP contribution is 2.51. The van der Waals surface area contributed by atoms with Crippen molar-refractivity contribution in [1.29, 1.82) is 5.26 Å². The number of thiophene rings is 1. The number of nitrogens with two attached hydrogens (primary N) is 1. The first kappa shape index (κ1) is 28.0. The minimum absolute atomic E-state index is 0.0470. The van der Waals surface area contributed by atoms with Crippen LogP contribution < -0.4 is 20.7 Å². The van der Waals surface area contributed by atoms with Crippen molar-refractivity contribution in [3.63, 3.8) is 0 Å². The minimum Gasteiger partial charge on any atom is -0.463 e. The molecule has 3 N–H and O–H groups in total. The Morgan fingerprint density at radius 2 is 1.89 bits per heavy atom. The molecule has 0 amide bonds. The number of piperidine rings is 1. The Morgan fingerprint density at radius 1 is 1.13 bits per heavy atom. The largest absolute Gasteiger partial charge is 0.463 e. The molecule has 5 aliphatic rings. The average Bonchev–Trinajstić information content (AvgIpc) is 3.83. The zero-order valence-corrected chi connectivity index (χ0v) is 26.2. The summed E-state index contributed by atoms with van der Waals surface area (Å²) in [4.78, 5) is 14.3. The number of likely N-dealkylation sites (tertiary alicyclic amines) is 1. The smallest absolute Gasteiger partial charge is 0.319 e. The predicted octanol–water partition coefficient (Wildman–Crippen LogP) is 5.95. The van der Waals surface area contributed by atoms with Crippen molar-refractivity contribution in [2.75, 3.05) is 50.0 Å². The maximum Gasteiger partial charge on any atom is 0.319 e. The Balaban J connectivity index is 1.14. The molecule has 5 heterocycles. The van der Waals surface area contributed by atoms with Gasteiger partial charge in [-0.1, -0.05) is 17.7 Å². The van der Waals surface area contributed by atoms with Gasteiger partial charge in [-0.3, -0.25) is 0 Å². The summed E-state index contributed by atoms with van der Waals surface area (Å²) < 4.78 is 38.3. The molecule has 3 saturated heterocycles. The molecule has 12 heteroatoms. The van der Waals surface area contributed by atoms with Crippen LogP contribution in [0, 0.1) is 40.2 Å². The molecule has 3 aliphatic heterocycles. The standard InChI is InChI=1S/C33H32ClF2N7OS/c34-23-8-21-28(27(36)26(23)20-3-4-24(35)29-25(20)22(9-37)30(38)45-29)40-32(41-31(21)43-12-18-1-2-19(13-43)39-18)44-15-33(5-6-33)14-42-10-16-7-17(16)11-42/h3-4,8,16-19,39H,1-2,5-7,10-15,38H2. The van der Waals surface area contributed by atoms with E-state index in [1.165, 1.54) is 31.6 Å². The zero-order valence-electron chi connectivity index (χ0n) is 24.6. The summed E-state index contributed by atoms with van der Waals surface area (Å²) in [6, 6.07) is 7.28. The van der Waals surface area contributed by atoms with Gasteiger partial charge >= 0.3 is 6.01 Å². The lowest BCUT2D eigenvalue weighted by Crippen LogP contribution is -2.51. The van der Waals surface area contributed by atoms with Crippen LogP contribution in [0.25, 0.3) is 32.1 Å². The van der Waals surface area contributed by atoms with E-state index in [4.69, 9.17) is 27.1 Å². The van der Waals surface area contributed by atoms with Gasteiger partial charge < -0.3 is 25.6 Å². The van der Waals surface area contributed by atoms with Gasteiger partial charge in [0.2, 0.25) is 0 Å². The Kier molecular flexibility index (Phi) is 6.28. The summed E-state index contributed by atoms with van der Waals surface area (Å²) in [5.41, 5.74) is 6.70. The topological polar surface area (TPSA) is 103 Å². The number of hydrogen-bond acceptors (Lipinski definition) is 9. The molecule has 2 saturated carbocycles. The van der Waals surface area contributed by atoms with Crippen molar-refractivity contribution in [2.45, 2.75) is 44.2 Å². The van der Waals surface area contributed by atoms with Gasteiger partial charge in [0.15, 0.2) is 5.82 Å². The van der Waals surface area contributed by atoms with Crippen LogP contribution in [-0.4, -0.2) is 66.3 Å². The van der Waals surface area contributed by atoms with E-state index in [1.54, 1.807) is 6.07 Å². The van der Waals surface area contributed by atoms with Gasteiger partial charge in [-0.25, -0.2) is 8.78 Å². The molecule has 0 radical (unpaired) electrons. The number of nitrogen functional groups attached to an aromatic ring is 1. The molecule has 9 rings (SSSR count). The summed E-state index contributed by atoms with van der Waals surface area (Å²) in [7, 11) is 0. The highest BCUT2D eigenvalue weighted by molar-refractivity contribution is 7.23. The first-order chi connectivity index (χ1) is 21.8. The number of nitrogens with zero attached hydrogens (tertiary/aromatic N) is 5. The SMILES string of the molecule is N#Cc1c(N)sc2c(F)ccc(-c3c(Cl)cc4c(N5CC6CCC(C5)N6)nc(OCC5(CN6CC7CC7C6)CC5)nc4c3F)c12. The number of aromatic nitrogens is 2. The number of nitriles is 1. The fourth-order valence-corrected chi connectivity index (χ4v) is 9.28. The van der Waals surface area contributed by atoms with E-state index in [9.17, 15) is 9.65 Å². The van der Waals surface area contributed by atoms with Crippen LogP contribution >= 0.6 is 22.9 Å². The maximum atomic E-state index is 16.9. The molecular weight excluding hydrogens is 616 g/mol. The molecule has 0 spiro atoms. The van der Waals surface area contributed by atoms with Crippen LogP contribution in [0.3, 0.4) is 0 Å². The van der Waals surface area contributed by atoms with Gasteiger partial charge in [-0.05, 0) is 61.6 Å². The predicted molar refractivity (Wildman–Crippen MR) is 172 cm³/mol. The van der Waals surface area contributed by atoms with Crippen LogP contribution in [0.5, 0.6) is 6.01 Å². The van der Waals surface area contributed by atoms with E-state index in [-0.39, 0.29) is 48.2 Å². The highest BCUT2D eigenvalue weighted by atomic mass is 35.5. The third-order valence-electron chi connectivity index (χ3n) is 10.6.